The topological polar surface area (TPSA) is 38.3 Å². The van der Waals surface area contributed by atoms with Gasteiger partial charge in [0.05, 0.1) is 11.4 Å². The minimum Gasteiger partial charge on any atom is -0.458 e. The maximum Gasteiger partial charge on any atom is 0.258 e. The van der Waals surface area contributed by atoms with Crippen LogP contribution in [0.1, 0.15) is 0 Å². The third kappa shape index (κ3) is 7.21. The van der Waals surface area contributed by atoms with Gasteiger partial charge in [0.15, 0.2) is 0 Å². The van der Waals surface area contributed by atoms with Crippen LogP contribution in [-0.4, -0.2) is 18.4 Å². The maximum absolute atomic E-state index is 7.19. The number of aromatic nitrogens is 1. The second-order valence-electron chi connectivity index (χ2n) is 20.7. The molecule has 0 fully saturated rings. The lowest BCUT2D eigenvalue weighted by Gasteiger charge is -2.46. The predicted octanol–water partition coefficient (Wildman–Crippen LogP) is 14.5. The number of hydrogen-bond donors (Lipinski definition) is 0. The summed E-state index contributed by atoms with van der Waals surface area (Å²) in [6, 6.07) is 105. The molecule has 0 unspecified atom stereocenters. The van der Waals surface area contributed by atoms with Crippen molar-refractivity contribution in [3.63, 3.8) is 0 Å². The summed E-state index contributed by atoms with van der Waals surface area (Å²) in [5.41, 5.74) is 20.5. The second-order valence-corrected chi connectivity index (χ2v) is 20.7. The lowest BCUT2D eigenvalue weighted by Crippen LogP contribution is -2.65. The highest BCUT2D eigenvalue weighted by atomic mass is 16.5. The van der Waals surface area contributed by atoms with E-state index in [2.05, 4.69) is 316 Å². The molecule has 0 bridgehead atoms. The van der Waals surface area contributed by atoms with Crippen molar-refractivity contribution in [2.75, 3.05) is 24.5 Å². The van der Waals surface area contributed by atoms with Crippen LogP contribution in [0.2, 0.25) is 0 Å². The number of fused-ring (bicyclic) bond motifs is 8. The highest BCUT2D eigenvalue weighted by Crippen LogP contribution is 2.50. The molecule has 12 aromatic rings. The summed E-state index contributed by atoms with van der Waals surface area (Å²) >= 11 is 0. The van der Waals surface area contributed by atoms with Crippen molar-refractivity contribution in [3.8, 4) is 11.5 Å². The molecule has 0 N–H and O–H groups in total. The zero-order chi connectivity index (χ0) is 52.7. The van der Waals surface area contributed by atoms with Crippen molar-refractivity contribution in [3.05, 3.63) is 291 Å². The highest BCUT2D eigenvalue weighted by Gasteiger charge is 2.49. The normalized spacial score (nSPS) is 13.0. The Labute approximate surface area is 466 Å². The molecule has 0 amide bonds. The molecule has 7 nitrogen and oxygen atoms in total. The van der Waals surface area contributed by atoms with Gasteiger partial charge in [0.25, 0.3) is 13.4 Å². The van der Waals surface area contributed by atoms with Crippen LogP contribution in [-0.2, 0) is 0 Å². The Balaban J connectivity index is 1.01. The molecule has 0 saturated heterocycles. The maximum atomic E-state index is 7.19. The van der Waals surface area contributed by atoms with Crippen LogP contribution in [0.3, 0.4) is 0 Å². The van der Waals surface area contributed by atoms with Crippen LogP contribution in [0.25, 0.3) is 0 Å². The summed E-state index contributed by atoms with van der Waals surface area (Å²) in [7, 11) is 0. The number of benzene rings is 11. The van der Waals surface area contributed by atoms with Crippen LogP contribution in [0, 0.1) is 0 Å². The fraction of sp³-hybridized carbons (Fsp3) is 0. The Morgan fingerprint density at radius 3 is 1.12 bits per heavy atom. The SMILES string of the molecule is c1ccc(N(c2ccccc2)c2cc3c4c(c2)N(c2ccccc2)c2nc5c(cc2B4c2ccccc2O3)B2c3ccccc3N(c3ccccc3)c3cc(N(c4ccccc4)c4ccccc4)cc(c32)N5c2ccccc2)cc1. The molecule has 11 aromatic carbocycles. The van der Waals surface area contributed by atoms with E-state index in [0.717, 1.165) is 119 Å². The first kappa shape index (κ1) is 45.7. The van der Waals surface area contributed by atoms with Gasteiger partial charge in [-0.3, -0.25) is 9.80 Å². The van der Waals surface area contributed by atoms with Gasteiger partial charge in [0.1, 0.15) is 23.1 Å². The van der Waals surface area contributed by atoms with E-state index >= 15 is 0 Å². The third-order valence-electron chi connectivity index (χ3n) is 16.2. The Morgan fingerprint density at radius 2 is 0.637 bits per heavy atom. The molecule has 9 heteroatoms. The molecule has 80 heavy (non-hydrogen) atoms. The lowest BCUT2D eigenvalue weighted by atomic mass is 9.31. The molecule has 0 saturated carbocycles. The van der Waals surface area contributed by atoms with Gasteiger partial charge in [-0.25, -0.2) is 4.98 Å². The number of hydrogen-bond acceptors (Lipinski definition) is 7. The van der Waals surface area contributed by atoms with Gasteiger partial charge >= 0.3 is 0 Å². The Hall–Kier alpha value is -10.5. The number of pyridine rings is 1. The summed E-state index contributed by atoms with van der Waals surface area (Å²) < 4.78 is 7.19. The summed E-state index contributed by atoms with van der Waals surface area (Å²) in [5, 5.41) is 0. The molecule has 4 aliphatic rings. The van der Waals surface area contributed by atoms with Crippen molar-refractivity contribution < 1.29 is 4.74 Å². The molecule has 1 aromatic heterocycles. The van der Waals surface area contributed by atoms with Crippen molar-refractivity contribution in [1.82, 2.24) is 4.98 Å². The average molecular weight is 1020 g/mol. The van der Waals surface area contributed by atoms with Gasteiger partial charge < -0.3 is 19.4 Å². The summed E-state index contributed by atoms with van der Waals surface area (Å²) in [4.78, 5) is 18.3. The first-order valence-corrected chi connectivity index (χ1v) is 27.4. The van der Waals surface area contributed by atoms with Crippen molar-refractivity contribution in [1.29, 1.82) is 0 Å². The van der Waals surface area contributed by atoms with E-state index in [1.54, 1.807) is 0 Å². The van der Waals surface area contributed by atoms with Gasteiger partial charge in [-0.05, 0) is 148 Å². The first-order chi connectivity index (χ1) is 39.7. The smallest absolute Gasteiger partial charge is 0.258 e. The molecule has 0 atom stereocenters. The van der Waals surface area contributed by atoms with E-state index in [0.29, 0.717) is 0 Å². The molecule has 0 spiro atoms. The molecule has 16 rings (SSSR count). The standard InChI is InChI=1S/C71H48B2N6O/c1-8-26-49(27-9-1)75(50-28-10-2-11-29-50)56-44-63-68-64(45-56)78(54-36-18-6-19-37-54)70-60(72(68)58-40-22-24-42-62(58)77(63)53-34-16-5-17-35-53)48-61-71(74-70)79(55-38-20-7-21-39-55)65-46-57(47-67-69(65)73(61)59-41-23-25-43-66(59)80-67)76(51-30-12-3-13-31-51)52-32-14-4-15-33-52/h1-48H. The second kappa shape index (κ2) is 18.6. The van der Waals surface area contributed by atoms with E-state index in [1.165, 1.54) is 10.9 Å². The minimum atomic E-state index is -0.216. The summed E-state index contributed by atoms with van der Waals surface area (Å²) in [6.07, 6.45) is 0. The first-order valence-electron chi connectivity index (χ1n) is 27.4. The van der Waals surface area contributed by atoms with Crippen LogP contribution < -0.4 is 62.0 Å². The summed E-state index contributed by atoms with van der Waals surface area (Å²) in [5.74, 6) is 3.39. The quantitative estimate of drug-likeness (QED) is 0.133. The van der Waals surface area contributed by atoms with Crippen molar-refractivity contribution in [2.45, 2.75) is 0 Å². The number of ether oxygens (including phenoxy) is 1. The van der Waals surface area contributed by atoms with Crippen LogP contribution in [0.15, 0.2) is 291 Å². The van der Waals surface area contributed by atoms with Gasteiger partial charge in [0.2, 0.25) is 0 Å². The van der Waals surface area contributed by atoms with E-state index in [9.17, 15) is 0 Å². The van der Waals surface area contributed by atoms with Crippen LogP contribution in [0.4, 0.5) is 85.6 Å². The lowest BCUT2D eigenvalue weighted by molar-refractivity contribution is 0.487. The zero-order valence-corrected chi connectivity index (χ0v) is 43.5. The summed E-state index contributed by atoms with van der Waals surface area (Å²) in [6.45, 7) is -0.416. The average Bonchev–Trinajstić information content (AvgIpc) is 2.75. The number of anilines is 15. The third-order valence-corrected chi connectivity index (χ3v) is 16.2. The van der Waals surface area contributed by atoms with Gasteiger partial charge in [0, 0.05) is 68.6 Å². The van der Waals surface area contributed by atoms with Crippen LogP contribution >= 0.6 is 0 Å². The minimum absolute atomic E-state index is 0.200. The molecule has 4 aliphatic heterocycles. The zero-order valence-electron chi connectivity index (χ0n) is 43.5. The van der Waals surface area contributed by atoms with Crippen molar-refractivity contribution in [2.24, 2.45) is 0 Å². The van der Waals surface area contributed by atoms with Crippen LogP contribution in [0.5, 0.6) is 11.5 Å². The van der Waals surface area contributed by atoms with Crippen molar-refractivity contribution >= 4 is 132 Å². The van der Waals surface area contributed by atoms with E-state index < -0.39 is 0 Å². The van der Waals surface area contributed by atoms with E-state index in [-0.39, 0.29) is 13.4 Å². The van der Waals surface area contributed by atoms with Gasteiger partial charge in [-0.1, -0.05) is 170 Å². The molecular weight excluding hydrogens is 974 g/mol. The monoisotopic (exact) mass is 1020 g/mol. The van der Waals surface area contributed by atoms with E-state index in [4.69, 9.17) is 9.72 Å². The van der Waals surface area contributed by atoms with Gasteiger partial charge in [-0.2, -0.15) is 0 Å². The predicted molar refractivity (Wildman–Crippen MR) is 333 cm³/mol. The highest BCUT2D eigenvalue weighted by molar-refractivity contribution is 7.02. The molecule has 5 heterocycles. The molecule has 0 radical (unpaired) electrons. The number of para-hydroxylation sites is 9. The number of nitrogens with zero attached hydrogens (tertiary/aromatic N) is 6. The Bertz CT molecular complexity index is 4230. The molecule has 0 aliphatic carbocycles. The number of rotatable bonds is 9. The Morgan fingerprint density at radius 1 is 0.275 bits per heavy atom. The van der Waals surface area contributed by atoms with Gasteiger partial charge in [-0.15, -0.1) is 0 Å². The fourth-order valence-corrected chi connectivity index (χ4v) is 12.9. The fourth-order valence-electron chi connectivity index (χ4n) is 12.9. The molecule has 374 valence electrons. The largest absolute Gasteiger partial charge is 0.458 e. The molecular formula is C71H48B2N6O. The Kier molecular flexibility index (Phi) is 10.6. The van der Waals surface area contributed by atoms with E-state index in [1.807, 2.05) is 0 Å².